The van der Waals surface area contributed by atoms with Crippen LogP contribution in [0.4, 0.5) is 5.69 Å². The van der Waals surface area contributed by atoms with E-state index >= 15 is 0 Å². The lowest BCUT2D eigenvalue weighted by Crippen LogP contribution is -2.13. The molecule has 0 radical (unpaired) electrons. The van der Waals surface area contributed by atoms with Gasteiger partial charge in [-0.1, -0.05) is 0 Å². The topological polar surface area (TPSA) is 106 Å². The number of aromatic amines is 1. The van der Waals surface area contributed by atoms with Crippen molar-refractivity contribution in [3.63, 3.8) is 0 Å². The van der Waals surface area contributed by atoms with Gasteiger partial charge in [-0.05, 0) is 36.4 Å². The Labute approximate surface area is 134 Å². The molecule has 1 amide bonds. The van der Waals surface area contributed by atoms with E-state index in [2.05, 4.69) is 20.4 Å². The van der Waals surface area contributed by atoms with Crippen LogP contribution in [0.25, 0.3) is 16.8 Å². The Kier molecular flexibility index (Phi) is 3.20. The van der Waals surface area contributed by atoms with Gasteiger partial charge in [0.15, 0.2) is 11.3 Å². The molecule has 4 aromatic rings. The molecular weight excluding hydrogens is 310 g/mol. The largest absolute Gasteiger partial charge is 0.417 e. The summed E-state index contributed by atoms with van der Waals surface area (Å²) in [6, 6.07) is 10.1. The number of rotatable bonds is 3. The third kappa shape index (κ3) is 2.56. The minimum atomic E-state index is -0.537. The Bertz CT molecular complexity index is 1080. The Morgan fingerprint density at radius 3 is 2.83 bits per heavy atom. The van der Waals surface area contributed by atoms with Crippen molar-refractivity contribution in [3.8, 4) is 5.69 Å². The maximum atomic E-state index is 12.3. The standard InChI is InChI=1S/C16H11N5O3/c22-15(12-5-8-21(20-12)11-3-6-17-7-4-11)18-10-1-2-14-13(9-10)19-16(23)24-14/h1-9H,(H,18,22)(H,19,23). The van der Waals surface area contributed by atoms with Gasteiger partial charge >= 0.3 is 5.76 Å². The zero-order valence-corrected chi connectivity index (χ0v) is 12.3. The fourth-order valence-corrected chi connectivity index (χ4v) is 2.31. The van der Waals surface area contributed by atoms with E-state index in [1.807, 2.05) is 0 Å². The van der Waals surface area contributed by atoms with Crippen molar-refractivity contribution in [2.45, 2.75) is 0 Å². The second-order valence-electron chi connectivity index (χ2n) is 5.03. The number of H-pyrrole nitrogens is 1. The lowest BCUT2D eigenvalue weighted by atomic mass is 10.2. The number of aromatic nitrogens is 4. The van der Waals surface area contributed by atoms with Crippen molar-refractivity contribution in [1.82, 2.24) is 19.7 Å². The van der Waals surface area contributed by atoms with Crippen LogP contribution in [0.2, 0.25) is 0 Å². The van der Waals surface area contributed by atoms with E-state index in [-0.39, 0.29) is 11.6 Å². The van der Waals surface area contributed by atoms with Crippen LogP contribution in [-0.4, -0.2) is 25.7 Å². The highest BCUT2D eigenvalue weighted by molar-refractivity contribution is 6.03. The summed E-state index contributed by atoms with van der Waals surface area (Å²) < 4.78 is 6.51. The molecule has 2 N–H and O–H groups in total. The molecule has 0 saturated heterocycles. The predicted molar refractivity (Wildman–Crippen MR) is 86.1 cm³/mol. The summed E-state index contributed by atoms with van der Waals surface area (Å²) in [7, 11) is 0. The van der Waals surface area contributed by atoms with Crippen LogP contribution in [-0.2, 0) is 0 Å². The van der Waals surface area contributed by atoms with Crippen molar-refractivity contribution in [2.24, 2.45) is 0 Å². The molecule has 0 unspecified atom stereocenters. The van der Waals surface area contributed by atoms with E-state index in [4.69, 9.17) is 4.42 Å². The number of benzene rings is 1. The smallest absolute Gasteiger partial charge is 0.408 e. The first kappa shape index (κ1) is 13.9. The molecule has 0 spiro atoms. The number of amides is 1. The van der Waals surface area contributed by atoms with E-state index in [1.54, 1.807) is 59.7 Å². The summed E-state index contributed by atoms with van der Waals surface area (Å²) in [6.07, 6.45) is 5.00. The molecule has 118 valence electrons. The number of oxazole rings is 1. The molecule has 8 heteroatoms. The molecule has 0 fully saturated rings. The highest BCUT2D eigenvalue weighted by atomic mass is 16.4. The molecule has 0 atom stereocenters. The van der Waals surface area contributed by atoms with Crippen molar-refractivity contribution in [1.29, 1.82) is 0 Å². The molecule has 1 aromatic carbocycles. The second kappa shape index (κ2) is 5.51. The number of hydrogen-bond donors (Lipinski definition) is 2. The number of hydrogen-bond acceptors (Lipinski definition) is 5. The third-order valence-corrected chi connectivity index (χ3v) is 3.43. The minimum Gasteiger partial charge on any atom is -0.408 e. The quantitative estimate of drug-likeness (QED) is 0.600. The van der Waals surface area contributed by atoms with E-state index < -0.39 is 5.76 Å². The average molecular weight is 321 g/mol. The molecule has 0 aliphatic rings. The number of pyridine rings is 1. The van der Waals surface area contributed by atoms with Gasteiger partial charge in [-0.25, -0.2) is 9.48 Å². The van der Waals surface area contributed by atoms with Crippen LogP contribution in [0.3, 0.4) is 0 Å². The fraction of sp³-hybridized carbons (Fsp3) is 0. The van der Waals surface area contributed by atoms with Gasteiger partial charge in [0.2, 0.25) is 0 Å². The first-order valence-corrected chi connectivity index (χ1v) is 7.09. The summed E-state index contributed by atoms with van der Waals surface area (Å²) in [5.74, 6) is -0.891. The predicted octanol–water partition coefficient (Wildman–Crippen LogP) is 1.95. The van der Waals surface area contributed by atoms with Crippen molar-refractivity contribution < 1.29 is 9.21 Å². The first-order valence-electron chi connectivity index (χ1n) is 7.09. The van der Waals surface area contributed by atoms with Gasteiger partial charge in [0, 0.05) is 24.3 Å². The van der Waals surface area contributed by atoms with Gasteiger partial charge in [0.1, 0.15) is 0 Å². The molecule has 4 rings (SSSR count). The van der Waals surface area contributed by atoms with Crippen LogP contribution in [0.1, 0.15) is 10.5 Å². The SMILES string of the molecule is O=C(Nc1ccc2oc(=O)[nH]c2c1)c1ccn(-c2ccncc2)n1. The summed E-state index contributed by atoms with van der Waals surface area (Å²) in [4.78, 5) is 29.9. The summed E-state index contributed by atoms with van der Waals surface area (Å²) >= 11 is 0. The summed E-state index contributed by atoms with van der Waals surface area (Å²) in [5.41, 5.74) is 2.55. The lowest BCUT2D eigenvalue weighted by Gasteiger charge is -2.03. The van der Waals surface area contributed by atoms with Crippen molar-refractivity contribution in [3.05, 3.63) is 71.2 Å². The molecule has 3 heterocycles. The van der Waals surface area contributed by atoms with Crippen LogP contribution < -0.4 is 11.1 Å². The van der Waals surface area contributed by atoms with Gasteiger partial charge in [0.25, 0.3) is 5.91 Å². The van der Waals surface area contributed by atoms with E-state index in [1.165, 1.54) is 0 Å². The molecule has 0 saturated carbocycles. The van der Waals surface area contributed by atoms with Gasteiger partial charge < -0.3 is 9.73 Å². The van der Waals surface area contributed by atoms with Gasteiger partial charge in [-0.2, -0.15) is 5.10 Å². The van der Waals surface area contributed by atoms with Crippen LogP contribution >= 0.6 is 0 Å². The van der Waals surface area contributed by atoms with Crippen LogP contribution in [0.5, 0.6) is 0 Å². The van der Waals surface area contributed by atoms with Crippen LogP contribution in [0, 0.1) is 0 Å². The van der Waals surface area contributed by atoms with Gasteiger partial charge in [0.05, 0.1) is 11.2 Å². The number of carbonyl (C=O) groups is 1. The highest BCUT2D eigenvalue weighted by Crippen LogP contribution is 2.17. The lowest BCUT2D eigenvalue weighted by molar-refractivity contribution is 0.102. The van der Waals surface area contributed by atoms with Gasteiger partial charge in [-0.3, -0.25) is 14.8 Å². The molecule has 0 bridgehead atoms. The second-order valence-corrected chi connectivity index (χ2v) is 5.03. The average Bonchev–Trinajstić information content (AvgIpc) is 3.21. The number of nitrogens with zero attached hydrogens (tertiary/aromatic N) is 3. The monoisotopic (exact) mass is 321 g/mol. The van der Waals surface area contributed by atoms with E-state index in [9.17, 15) is 9.59 Å². The summed E-state index contributed by atoms with van der Waals surface area (Å²) in [5, 5.41) is 6.98. The first-order chi connectivity index (χ1) is 11.7. The molecule has 0 aliphatic carbocycles. The Balaban J connectivity index is 1.57. The molecule has 0 aliphatic heterocycles. The number of carbonyl (C=O) groups excluding carboxylic acids is 1. The minimum absolute atomic E-state index is 0.271. The molecule has 3 aromatic heterocycles. The molecular formula is C16H11N5O3. The van der Waals surface area contributed by atoms with Crippen LogP contribution in [0.15, 0.2) is 64.2 Å². The Hall–Kier alpha value is -3.68. The zero-order valence-electron chi connectivity index (χ0n) is 12.3. The molecule has 24 heavy (non-hydrogen) atoms. The summed E-state index contributed by atoms with van der Waals surface area (Å²) in [6.45, 7) is 0. The highest BCUT2D eigenvalue weighted by Gasteiger charge is 2.11. The Morgan fingerprint density at radius 2 is 2.00 bits per heavy atom. The zero-order chi connectivity index (χ0) is 16.5. The number of fused-ring (bicyclic) bond motifs is 1. The maximum Gasteiger partial charge on any atom is 0.417 e. The number of anilines is 1. The maximum absolute atomic E-state index is 12.3. The normalized spacial score (nSPS) is 10.8. The third-order valence-electron chi connectivity index (χ3n) is 3.43. The van der Waals surface area contributed by atoms with Crippen molar-refractivity contribution >= 4 is 22.7 Å². The Morgan fingerprint density at radius 1 is 1.17 bits per heavy atom. The van der Waals surface area contributed by atoms with E-state index in [0.717, 1.165) is 5.69 Å². The van der Waals surface area contributed by atoms with Crippen molar-refractivity contribution in [2.75, 3.05) is 5.32 Å². The molecule has 8 nitrogen and oxygen atoms in total. The van der Waals surface area contributed by atoms with E-state index in [0.29, 0.717) is 16.8 Å². The number of nitrogens with one attached hydrogen (secondary N) is 2. The fourth-order valence-electron chi connectivity index (χ4n) is 2.31. The van der Waals surface area contributed by atoms with Gasteiger partial charge in [-0.15, -0.1) is 0 Å².